The summed E-state index contributed by atoms with van der Waals surface area (Å²) in [4.78, 5) is 18.0. The number of nitrogens with two attached hydrogens (primary N) is 1. The lowest BCUT2D eigenvalue weighted by Crippen LogP contribution is -2.36. The Labute approximate surface area is 188 Å². The third kappa shape index (κ3) is 5.31. The molecule has 0 saturated carbocycles. The Balaban J connectivity index is 1.41. The van der Waals surface area contributed by atoms with E-state index in [9.17, 15) is 4.39 Å². The highest BCUT2D eigenvalue weighted by Crippen LogP contribution is 2.34. The Bertz CT molecular complexity index is 1020. The molecule has 3 heterocycles. The largest absolute Gasteiger partial charge is 0.492 e. The molecular weight excluding hydrogens is 407 g/mol. The fourth-order valence-corrected chi connectivity index (χ4v) is 3.95. The molecule has 7 nitrogen and oxygen atoms in total. The number of ether oxygens (including phenoxy) is 1. The molecule has 4 rings (SSSR count). The highest BCUT2D eigenvalue weighted by molar-refractivity contribution is 5.66. The van der Waals surface area contributed by atoms with Crippen LogP contribution in [0.1, 0.15) is 24.5 Å². The summed E-state index contributed by atoms with van der Waals surface area (Å²) in [5.41, 5.74) is 8.83. The molecule has 32 heavy (non-hydrogen) atoms. The van der Waals surface area contributed by atoms with Crippen LogP contribution in [0, 0.1) is 5.82 Å². The van der Waals surface area contributed by atoms with Gasteiger partial charge in [-0.05, 0) is 62.3 Å². The Morgan fingerprint density at radius 1 is 1.06 bits per heavy atom. The van der Waals surface area contributed by atoms with Crippen molar-refractivity contribution in [2.75, 3.05) is 51.0 Å². The van der Waals surface area contributed by atoms with Crippen molar-refractivity contribution >= 4 is 11.8 Å². The number of rotatable bonds is 7. The van der Waals surface area contributed by atoms with Crippen LogP contribution in [-0.2, 0) is 0 Å². The minimum Gasteiger partial charge on any atom is -0.492 e. The first-order chi connectivity index (χ1) is 15.5. The average molecular weight is 437 g/mol. The smallest absolute Gasteiger partial charge is 0.225 e. The van der Waals surface area contributed by atoms with Gasteiger partial charge in [0.2, 0.25) is 5.95 Å². The minimum absolute atomic E-state index is 0.254. The zero-order valence-electron chi connectivity index (χ0n) is 18.5. The molecule has 3 aromatic rings. The molecule has 1 saturated heterocycles. The maximum absolute atomic E-state index is 13.0. The van der Waals surface area contributed by atoms with Crippen LogP contribution in [0.4, 0.5) is 16.2 Å². The molecular formula is C24H29FN6O. The van der Waals surface area contributed by atoms with Crippen molar-refractivity contribution in [3.63, 3.8) is 0 Å². The first-order valence-electron chi connectivity index (χ1n) is 10.9. The predicted octanol–water partition coefficient (Wildman–Crippen LogP) is 3.58. The lowest BCUT2D eigenvalue weighted by molar-refractivity contribution is 0.172. The van der Waals surface area contributed by atoms with Crippen LogP contribution in [-0.4, -0.2) is 60.2 Å². The number of aromatic nitrogens is 3. The summed E-state index contributed by atoms with van der Waals surface area (Å²) in [5, 5.41) is 0. The van der Waals surface area contributed by atoms with E-state index in [4.69, 9.17) is 15.5 Å². The van der Waals surface area contributed by atoms with Crippen molar-refractivity contribution in [2.45, 2.75) is 18.8 Å². The Morgan fingerprint density at radius 2 is 1.81 bits per heavy atom. The molecule has 2 N–H and O–H groups in total. The van der Waals surface area contributed by atoms with Gasteiger partial charge < -0.3 is 15.4 Å². The number of pyridine rings is 1. The molecule has 1 fully saturated rings. The highest BCUT2D eigenvalue weighted by Gasteiger charge is 2.25. The molecule has 0 bridgehead atoms. The summed E-state index contributed by atoms with van der Waals surface area (Å²) in [6, 6.07) is 9.93. The molecule has 0 aliphatic carbocycles. The molecule has 1 aliphatic rings. The van der Waals surface area contributed by atoms with Gasteiger partial charge in [0.1, 0.15) is 24.0 Å². The van der Waals surface area contributed by atoms with Gasteiger partial charge in [-0.25, -0.2) is 19.3 Å². The summed E-state index contributed by atoms with van der Waals surface area (Å²) in [5.74, 6) is 1.99. The summed E-state index contributed by atoms with van der Waals surface area (Å²) < 4.78 is 18.8. The first-order valence-corrected chi connectivity index (χ1v) is 10.9. The molecule has 8 heteroatoms. The normalized spacial score (nSPS) is 15.0. The van der Waals surface area contributed by atoms with Gasteiger partial charge in [0.25, 0.3) is 0 Å². The molecule has 0 atom stereocenters. The summed E-state index contributed by atoms with van der Waals surface area (Å²) in [6.45, 7) is 3.36. The zero-order valence-corrected chi connectivity index (χ0v) is 18.5. The SMILES string of the molecule is CN(C)c1ncc(-c2ccc(N)nc2)c(C2CCN(CCOc3ccc(F)cc3)CC2)n1. The second-order valence-corrected chi connectivity index (χ2v) is 8.25. The van der Waals surface area contributed by atoms with Crippen LogP contribution in [0.5, 0.6) is 5.75 Å². The zero-order chi connectivity index (χ0) is 22.5. The predicted molar refractivity (Wildman–Crippen MR) is 124 cm³/mol. The molecule has 2 aromatic heterocycles. The number of piperidine rings is 1. The fourth-order valence-electron chi connectivity index (χ4n) is 3.95. The minimum atomic E-state index is -0.254. The monoisotopic (exact) mass is 436 g/mol. The number of benzene rings is 1. The maximum Gasteiger partial charge on any atom is 0.225 e. The molecule has 168 valence electrons. The van der Waals surface area contributed by atoms with Crippen LogP contribution in [0.3, 0.4) is 0 Å². The van der Waals surface area contributed by atoms with Crippen LogP contribution in [0.2, 0.25) is 0 Å². The van der Waals surface area contributed by atoms with Crippen molar-refractivity contribution in [2.24, 2.45) is 0 Å². The maximum atomic E-state index is 13.0. The van der Waals surface area contributed by atoms with Crippen LogP contribution in [0.25, 0.3) is 11.1 Å². The van der Waals surface area contributed by atoms with E-state index in [1.54, 1.807) is 18.3 Å². The Hall–Kier alpha value is -3.26. The Kier molecular flexibility index (Phi) is 6.80. The second-order valence-electron chi connectivity index (χ2n) is 8.25. The van der Waals surface area contributed by atoms with Crippen molar-refractivity contribution < 1.29 is 9.13 Å². The number of halogens is 1. The van der Waals surface area contributed by atoms with Crippen LogP contribution >= 0.6 is 0 Å². The van der Waals surface area contributed by atoms with E-state index in [-0.39, 0.29) is 5.82 Å². The topological polar surface area (TPSA) is 80.4 Å². The van der Waals surface area contributed by atoms with E-state index in [1.807, 2.05) is 37.3 Å². The number of anilines is 2. The standard InChI is InChI=1S/C24H29FN6O/c1-30(2)24-28-16-21(18-3-8-22(26)27-15-18)23(29-24)17-9-11-31(12-10-17)13-14-32-20-6-4-19(25)5-7-20/h3-8,15-17H,9-14H2,1-2H3,(H2,26,27). The van der Waals surface area contributed by atoms with E-state index in [0.29, 0.717) is 30.0 Å². The summed E-state index contributed by atoms with van der Waals surface area (Å²) in [6.07, 6.45) is 5.70. The van der Waals surface area contributed by atoms with Crippen LogP contribution in [0.15, 0.2) is 48.8 Å². The molecule has 0 radical (unpaired) electrons. The van der Waals surface area contributed by atoms with Gasteiger partial charge >= 0.3 is 0 Å². The third-order valence-corrected chi connectivity index (χ3v) is 5.77. The lowest BCUT2D eigenvalue weighted by Gasteiger charge is -2.32. The van der Waals surface area contributed by atoms with Crippen molar-refractivity contribution in [3.05, 3.63) is 60.3 Å². The van der Waals surface area contributed by atoms with Crippen molar-refractivity contribution in [1.29, 1.82) is 0 Å². The van der Waals surface area contributed by atoms with E-state index < -0.39 is 0 Å². The summed E-state index contributed by atoms with van der Waals surface area (Å²) in [7, 11) is 3.90. The van der Waals surface area contributed by atoms with Gasteiger partial charge in [-0.15, -0.1) is 0 Å². The third-order valence-electron chi connectivity index (χ3n) is 5.77. The molecule has 1 aromatic carbocycles. The Morgan fingerprint density at radius 3 is 2.47 bits per heavy atom. The van der Waals surface area contributed by atoms with E-state index in [0.717, 1.165) is 49.3 Å². The lowest BCUT2D eigenvalue weighted by atomic mass is 9.89. The molecule has 0 amide bonds. The number of nitrogen functional groups attached to an aromatic ring is 1. The number of hydrogen-bond acceptors (Lipinski definition) is 7. The van der Waals surface area contributed by atoms with Gasteiger partial charge in [-0.2, -0.15) is 0 Å². The number of hydrogen-bond donors (Lipinski definition) is 1. The highest BCUT2D eigenvalue weighted by atomic mass is 19.1. The van der Waals surface area contributed by atoms with Crippen molar-refractivity contribution in [1.82, 2.24) is 19.9 Å². The van der Waals surface area contributed by atoms with E-state index >= 15 is 0 Å². The molecule has 0 spiro atoms. The number of likely N-dealkylation sites (tertiary alicyclic amines) is 1. The van der Waals surface area contributed by atoms with E-state index in [1.165, 1.54) is 12.1 Å². The van der Waals surface area contributed by atoms with Crippen molar-refractivity contribution in [3.8, 4) is 16.9 Å². The van der Waals surface area contributed by atoms with Gasteiger partial charge in [0.15, 0.2) is 0 Å². The number of nitrogens with zero attached hydrogens (tertiary/aromatic N) is 5. The molecule has 1 aliphatic heterocycles. The quantitative estimate of drug-likeness (QED) is 0.606. The fraction of sp³-hybridized carbons (Fsp3) is 0.375. The summed E-state index contributed by atoms with van der Waals surface area (Å²) >= 11 is 0. The second kappa shape index (κ2) is 9.91. The van der Waals surface area contributed by atoms with E-state index in [2.05, 4.69) is 14.9 Å². The average Bonchev–Trinajstić information content (AvgIpc) is 2.81. The van der Waals surface area contributed by atoms with Crippen LogP contribution < -0.4 is 15.4 Å². The molecule has 0 unspecified atom stereocenters. The van der Waals surface area contributed by atoms with Gasteiger partial charge in [-0.1, -0.05) is 0 Å². The van der Waals surface area contributed by atoms with Gasteiger partial charge in [0.05, 0.1) is 5.69 Å². The van der Waals surface area contributed by atoms with Gasteiger partial charge in [0, 0.05) is 50.1 Å². The first kappa shape index (κ1) is 22.0. The van der Waals surface area contributed by atoms with Gasteiger partial charge in [-0.3, -0.25) is 4.90 Å².